The normalized spacial score (nSPS) is 25.2. The first kappa shape index (κ1) is 21.7. The highest BCUT2D eigenvalue weighted by Gasteiger charge is 2.35. The summed E-state index contributed by atoms with van der Waals surface area (Å²) in [5.74, 6) is -0.536. The van der Waals surface area contributed by atoms with Crippen molar-refractivity contribution in [3.8, 4) is 0 Å². The van der Waals surface area contributed by atoms with Crippen LogP contribution in [0.4, 0.5) is 10.1 Å². The number of piperidine rings is 1. The van der Waals surface area contributed by atoms with Gasteiger partial charge in [0.1, 0.15) is 5.82 Å². The average Bonchev–Trinajstić information content (AvgIpc) is 3.20. The van der Waals surface area contributed by atoms with Crippen LogP contribution in [-0.4, -0.2) is 55.6 Å². The lowest BCUT2D eigenvalue weighted by molar-refractivity contribution is -0.130. The van der Waals surface area contributed by atoms with Gasteiger partial charge in [-0.05, 0) is 49.4 Å². The molecular weight excluding hydrogens is 373 g/mol. The smallest absolute Gasteiger partial charge is 0.228 e. The minimum absolute atomic E-state index is 0.00598. The molecule has 0 aliphatic carbocycles. The molecule has 0 spiro atoms. The Kier molecular flexibility index (Phi) is 7.61. The highest BCUT2D eigenvalue weighted by molar-refractivity contribution is 5.93. The van der Waals surface area contributed by atoms with Crippen LogP contribution in [-0.2, 0) is 14.3 Å². The average molecular weight is 406 g/mol. The molecule has 6 nitrogen and oxygen atoms in total. The molecular formula is C22H32FN3O3. The van der Waals surface area contributed by atoms with Crippen molar-refractivity contribution in [1.29, 1.82) is 0 Å². The fraction of sp³-hybridized carbons (Fsp3) is 0.636. The predicted octanol–water partition coefficient (Wildman–Crippen LogP) is 2.65. The van der Waals surface area contributed by atoms with Gasteiger partial charge in [0, 0.05) is 38.5 Å². The van der Waals surface area contributed by atoms with E-state index in [4.69, 9.17) is 4.74 Å². The Hall–Kier alpha value is -1.99. The second-order valence-corrected chi connectivity index (χ2v) is 8.62. The number of hydrogen-bond acceptors (Lipinski definition) is 4. The number of amides is 2. The van der Waals surface area contributed by atoms with Gasteiger partial charge in [-0.25, -0.2) is 4.39 Å². The third-order valence-corrected chi connectivity index (χ3v) is 5.53. The maximum Gasteiger partial charge on any atom is 0.228 e. The van der Waals surface area contributed by atoms with Crippen LogP contribution in [0.5, 0.6) is 0 Å². The van der Waals surface area contributed by atoms with Crippen LogP contribution in [0.25, 0.3) is 0 Å². The SMILES string of the molecule is CC(C)CN1C[C@@H](C(=O)NC[C@@H]2CCCO2)C[C@@H](C(=O)Nc2ccc(F)cc2)C1. The van der Waals surface area contributed by atoms with Crippen molar-refractivity contribution < 1.29 is 18.7 Å². The highest BCUT2D eigenvalue weighted by atomic mass is 19.1. The summed E-state index contributed by atoms with van der Waals surface area (Å²) in [5.41, 5.74) is 0.566. The molecule has 2 aliphatic rings. The number of halogens is 1. The molecule has 29 heavy (non-hydrogen) atoms. The second-order valence-electron chi connectivity index (χ2n) is 8.62. The van der Waals surface area contributed by atoms with Crippen LogP contribution in [0, 0.1) is 23.6 Å². The van der Waals surface area contributed by atoms with E-state index in [0.29, 0.717) is 37.7 Å². The number of carbonyl (C=O) groups excluding carboxylic acids is 2. The lowest BCUT2D eigenvalue weighted by Crippen LogP contribution is -2.50. The molecule has 0 saturated carbocycles. The molecule has 160 valence electrons. The van der Waals surface area contributed by atoms with E-state index in [-0.39, 0.29) is 35.6 Å². The zero-order valence-electron chi connectivity index (χ0n) is 17.3. The molecule has 2 N–H and O–H groups in total. The third-order valence-electron chi connectivity index (χ3n) is 5.53. The molecule has 0 unspecified atom stereocenters. The number of likely N-dealkylation sites (tertiary alicyclic amines) is 1. The zero-order valence-corrected chi connectivity index (χ0v) is 17.3. The van der Waals surface area contributed by atoms with Crippen molar-refractivity contribution in [1.82, 2.24) is 10.2 Å². The van der Waals surface area contributed by atoms with Crippen LogP contribution in [0.3, 0.4) is 0 Å². The largest absolute Gasteiger partial charge is 0.376 e. The molecule has 0 bridgehead atoms. The van der Waals surface area contributed by atoms with Crippen LogP contribution < -0.4 is 10.6 Å². The van der Waals surface area contributed by atoms with E-state index in [9.17, 15) is 14.0 Å². The summed E-state index contributed by atoms with van der Waals surface area (Å²) < 4.78 is 18.7. The van der Waals surface area contributed by atoms with Crippen molar-refractivity contribution in [2.45, 2.75) is 39.2 Å². The van der Waals surface area contributed by atoms with E-state index in [2.05, 4.69) is 29.4 Å². The number of nitrogens with zero attached hydrogens (tertiary/aromatic N) is 1. The minimum Gasteiger partial charge on any atom is -0.376 e. The van der Waals surface area contributed by atoms with Crippen molar-refractivity contribution >= 4 is 17.5 Å². The Morgan fingerprint density at radius 2 is 1.86 bits per heavy atom. The Morgan fingerprint density at radius 3 is 2.48 bits per heavy atom. The van der Waals surface area contributed by atoms with Gasteiger partial charge in [0.05, 0.1) is 17.9 Å². The quantitative estimate of drug-likeness (QED) is 0.732. The lowest BCUT2D eigenvalue weighted by Gasteiger charge is -2.37. The van der Waals surface area contributed by atoms with Gasteiger partial charge in [0.2, 0.25) is 11.8 Å². The van der Waals surface area contributed by atoms with Gasteiger partial charge in [-0.2, -0.15) is 0 Å². The standard InChI is InChI=1S/C22H32FN3O3/c1-15(2)12-26-13-16(21(27)24-11-20-4-3-9-29-20)10-17(14-26)22(28)25-19-7-5-18(23)6-8-19/h5-8,15-17,20H,3-4,9-14H2,1-2H3,(H,24,27)(H,25,28)/t16-,17+,20-/m0/s1. The van der Waals surface area contributed by atoms with Gasteiger partial charge in [-0.3, -0.25) is 9.59 Å². The van der Waals surface area contributed by atoms with E-state index in [1.807, 2.05) is 0 Å². The van der Waals surface area contributed by atoms with Crippen molar-refractivity contribution in [3.05, 3.63) is 30.1 Å². The summed E-state index contributed by atoms with van der Waals surface area (Å²) in [6.45, 7) is 7.69. The van der Waals surface area contributed by atoms with Crippen LogP contribution in [0.15, 0.2) is 24.3 Å². The number of nitrogens with one attached hydrogen (secondary N) is 2. The van der Waals surface area contributed by atoms with E-state index in [1.165, 1.54) is 12.1 Å². The maximum absolute atomic E-state index is 13.1. The van der Waals surface area contributed by atoms with Crippen LogP contribution >= 0.6 is 0 Å². The Balaban J connectivity index is 1.61. The molecule has 1 aromatic rings. The second kappa shape index (κ2) is 10.2. The summed E-state index contributed by atoms with van der Waals surface area (Å²) in [6, 6.07) is 5.74. The minimum atomic E-state index is -0.341. The first-order chi connectivity index (χ1) is 13.9. The van der Waals surface area contributed by atoms with Gasteiger partial charge < -0.3 is 20.3 Å². The van der Waals surface area contributed by atoms with Gasteiger partial charge in [0.25, 0.3) is 0 Å². The van der Waals surface area contributed by atoms with Crippen molar-refractivity contribution in [2.75, 3.05) is 38.1 Å². The number of carbonyl (C=O) groups is 2. The molecule has 0 radical (unpaired) electrons. The summed E-state index contributed by atoms with van der Waals surface area (Å²) in [5, 5.41) is 5.88. The first-order valence-corrected chi connectivity index (χ1v) is 10.6. The van der Waals surface area contributed by atoms with E-state index >= 15 is 0 Å². The molecule has 2 heterocycles. The summed E-state index contributed by atoms with van der Waals surface area (Å²) >= 11 is 0. The first-order valence-electron chi connectivity index (χ1n) is 10.6. The number of ether oxygens (including phenoxy) is 1. The fourth-order valence-corrected chi connectivity index (χ4v) is 4.18. The van der Waals surface area contributed by atoms with Crippen LogP contribution in [0.1, 0.15) is 33.1 Å². The number of anilines is 1. The van der Waals surface area contributed by atoms with E-state index in [0.717, 1.165) is 26.0 Å². The molecule has 2 amide bonds. The molecule has 1 aromatic carbocycles. The van der Waals surface area contributed by atoms with Crippen LogP contribution in [0.2, 0.25) is 0 Å². The van der Waals surface area contributed by atoms with E-state index < -0.39 is 0 Å². The van der Waals surface area contributed by atoms with E-state index in [1.54, 1.807) is 12.1 Å². The molecule has 0 aromatic heterocycles. The molecule has 3 atom stereocenters. The molecule has 7 heteroatoms. The fourth-order valence-electron chi connectivity index (χ4n) is 4.18. The van der Waals surface area contributed by atoms with Gasteiger partial charge in [0.15, 0.2) is 0 Å². The predicted molar refractivity (Wildman–Crippen MR) is 110 cm³/mol. The molecule has 2 aliphatic heterocycles. The Bertz CT molecular complexity index is 689. The van der Waals surface area contributed by atoms with Gasteiger partial charge in [-0.15, -0.1) is 0 Å². The summed E-state index contributed by atoms with van der Waals surface area (Å²) in [4.78, 5) is 27.8. The summed E-state index contributed by atoms with van der Waals surface area (Å²) in [6.07, 6.45) is 2.64. The molecule has 2 fully saturated rings. The Morgan fingerprint density at radius 1 is 1.17 bits per heavy atom. The third kappa shape index (κ3) is 6.51. The maximum atomic E-state index is 13.1. The van der Waals surface area contributed by atoms with Crippen molar-refractivity contribution in [2.24, 2.45) is 17.8 Å². The lowest BCUT2D eigenvalue weighted by atomic mass is 9.87. The van der Waals surface area contributed by atoms with Gasteiger partial charge in [-0.1, -0.05) is 13.8 Å². The topological polar surface area (TPSA) is 70.7 Å². The van der Waals surface area contributed by atoms with Crippen molar-refractivity contribution in [3.63, 3.8) is 0 Å². The highest BCUT2D eigenvalue weighted by Crippen LogP contribution is 2.25. The Labute approximate surface area is 172 Å². The molecule has 3 rings (SSSR count). The zero-order chi connectivity index (χ0) is 20.8. The van der Waals surface area contributed by atoms with Gasteiger partial charge >= 0.3 is 0 Å². The summed E-state index contributed by atoms with van der Waals surface area (Å²) in [7, 11) is 0. The number of rotatable bonds is 7. The monoisotopic (exact) mass is 405 g/mol. The number of benzene rings is 1. The number of hydrogen-bond donors (Lipinski definition) is 2. The molecule has 2 saturated heterocycles.